The molecule has 0 aliphatic rings. The fourth-order valence-electron chi connectivity index (χ4n) is 2.05. The number of hydrogen-bond acceptors (Lipinski definition) is 3. The molecule has 0 aromatic carbocycles. The first-order valence-corrected chi connectivity index (χ1v) is 6.24. The van der Waals surface area contributed by atoms with E-state index in [1.165, 1.54) is 0 Å². The second kappa shape index (κ2) is 6.16. The third-order valence-corrected chi connectivity index (χ3v) is 3.46. The van der Waals surface area contributed by atoms with Crippen LogP contribution in [0.3, 0.4) is 0 Å². The molecule has 0 amide bonds. The van der Waals surface area contributed by atoms with Gasteiger partial charge in [0.2, 0.25) is 0 Å². The number of hydrogen-bond donors (Lipinski definition) is 0. The van der Waals surface area contributed by atoms with Crippen LogP contribution in [-0.4, -0.2) is 48.6 Å². The predicted octanol–water partition coefficient (Wildman–Crippen LogP) is 1.79. The summed E-state index contributed by atoms with van der Waals surface area (Å²) in [6.07, 6.45) is 0.140. The SMILES string of the molecule is COC(C)CN(C)CC(=O)c1cc(C)n(C)c1C. The normalized spacial score (nSPS) is 13.1. The van der Waals surface area contributed by atoms with Gasteiger partial charge in [0, 0.05) is 37.7 Å². The molecular formula is C14H24N2O2. The zero-order valence-electron chi connectivity index (χ0n) is 12.3. The van der Waals surface area contributed by atoms with Crippen LogP contribution in [0.5, 0.6) is 0 Å². The van der Waals surface area contributed by atoms with Crippen molar-refractivity contribution in [1.82, 2.24) is 9.47 Å². The summed E-state index contributed by atoms with van der Waals surface area (Å²) in [5.41, 5.74) is 2.97. The van der Waals surface area contributed by atoms with Crippen LogP contribution < -0.4 is 0 Å². The van der Waals surface area contributed by atoms with Gasteiger partial charge < -0.3 is 9.30 Å². The van der Waals surface area contributed by atoms with E-state index in [9.17, 15) is 4.79 Å². The summed E-state index contributed by atoms with van der Waals surface area (Å²) in [5, 5.41) is 0. The minimum atomic E-state index is 0.140. The lowest BCUT2D eigenvalue weighted by atomic mass is 10.1. The number of likely N-dealkylation sites (N-methyl/N-ethyl adjacent to an activating group) is 1. The van der Waals surface area contributed by atoms with Crippen molar-refractivity contribution in [2.75, 3.05) is 27.2 Å². The van der Waals surface area contributed by atoms with Crippen molar-refractivity contribution in [3.8, 4) is 0 Å². The first-order chi connectivity index (χ1) is 8.36. The molecule has 1 unspecified atom stereocenters. The molecule has 1 aromatic rings. The number of nitrogens with zero attached hydrogens (tertiary/aromatic N) is 2. The molecule has 0 N–H and O–H groups in total. The molecule has 0 saturated carbocycles. The van der Waals surface area contributed by atoms with Crippen molar-refractivity contribution in [1.29, 1.82) is 0 Å². The Morgan fingerprint density at radius 3 is 2.56 bits per heavy atom. The lowest BCUT2D eigenvalue weighted by Gasteiger charge is -2.19. The van der Waals surface area contributed by atoms with E-state index in [4.69, 9.17) is 4.74 Å². The van der Waals surface area contributed by atoms with Gasteiger partial charge in [-0.05, 0) is 33.9 Å². The molecule has 0 fully saturated rings. The number of ketones is 1. The van der Waals surface area contributed by atoms with Gasteiger partial charge in [-0.1, -0.05) is 0 Å². The van der Waals surface area contributed by atoms with Gasteiger partial charge in [-0.3, -0.25) is 9.69 Å². The maximum Gasteiger partial charge on any atom is 0.178 e. The van der Waals surface area contributed by atoms with E-state index in [0.29, 0.717) is 6.54 Å². The van der Waals surface area contributed by atoms with Crippen molar-refractivity contribution in [3.63, 3.8) is 0 Å². The van der Waals surface area contributed by atoms with Crippen LogP contribution in [0.25, 0.3) is 0 Å². The summed E-state index contributed by atoms with van der Waals surface area (Å²) in [7, 11) is 5.61. The van der Waals surface area contributed by atoms with Crippen LogP contribution in [0.4, 0.5) is 0 Å². The Labute approximate surface area is 110 Å². The Balaban J connectivity index is 2.68. The third kappa shape index (κ3) is 3.43. The molecule has 0 saturated heterocycles. The van der Waals surface area contributed by atoms with E-state index in [1.807, 2.05) is 50.4 Å². The van der Waals surface area contributed by atoms with Gasteiger partial charge in [0.05, 0.1) is 12.6 Å². The molecule has 1 atom stereocenters. The molecule has 4 nitrogen and oxygen atoms in total. The number of methoxy groups -OCH3 is 1. The summed E-state index contributed by atoms with van der Waals surface area (Å²) < 4.78 is 7.24. The van der Waals surface area contributed by atoms with Crippen molar-refractivity contribution in [2.45, 2.75) is 26.9 Å². The molecule has 1 rings (SSSR count). The van der Waals surface area contributed by atoms with E-state index in [2.05, 4.69) is 0 Å². The van der Waals surface area contributed by atoms with Gasteiger partial charge in [-0.25, -0.2) is 0 Å². The largest absolute Gasteiger partial charge is 0.380 e. The number of carbonyl (C=O) groups excluding carboxylic acids is 1. The lowest BCUT2D eigenvalue weighted by Crippen LogP contribution is -2.33. The molecule has 0 aliphatic heterocycles. The number of rotatable bonds is 6. The van der Waals surface area contributed by atoms with Crippen molar-refractivity contribution in [2.24, 2.45) is 7.05 Å². The maximum atomic E-state index is 12.2. The minimum absolute atomic E-state index is 0.140. The molecule has 18 heavy (non-hydrogen) atoms. The number of aryl methyl sites for hydroxylation is 1. The zero-order valence-corrected chi connectivity index (χ0v) is 12.3. The van der Waals surface area contributed by atoms with Gasteiger partial charge >= 0.3 is 0 Å². The Morgan fingerprint density at radius 1 is 1.50 bits per heavy atom. The highest BCUT2D eigenvalue weighted by molar-refractivity contribution is 5.99. The Hall–Kier alpha value is -1.13. The monoisotopic (exact) mass is 252 g/mol. The molecule has 0 aliphatic carbocycles. The summed E-state index contributed by atoms with van der Waals surface area (Å²) in [6.45, 7) is 7.18. The van der Waals surface area contributed by atoms with Crippen molar-refractivity contribution in [3.05, 3.63) is 23.0 Å². The summed E-state index contributed by atoms with van der Waals surface area (Å²) in [5.74, 6) is 0.169. The average Bonchev–Trinajstić information content (AvgIpc) is 2.56. The van der Waals surface area contributed by atoms with E-state index >= 15 is 0 Å². The van der Waals surface area contributed by atoms with Gasteiger partial charge in [0.1, 0.15) is 0 Å². The van der Waals surface area contributed by atoms with Gasteiger partial charge in [0.25, 0.3) is 0 Å². The Kier molecular flexibility index (Phi) is 5.11. The Bertz CT molecular complexity index is 424. The highest BCUT2D eigenvalue weighted by atomic mass is 16.5. The topological polar surface area (TPSA) is 34.5 Å². The smallest absolute Gasteiger partial charge is 0.178 e. The Morgan fingerprint density at radius 2 is 2.11 bits per heavy atom. The third-order valence-electron chi connectivity index (χ3n) is 3.46. The van der Waals surface area contributed by atoms with Crippen LogP contribution >= 0.6 is 0 Å². The second-order valence-electron chi connectivity index (χ2n) is 5.01. The molecular weight excluding hydrogens is 228 g/mol. The van der Waals surface area contributed by atoms with Gasteiger partial charge in [-0.15, -0.1) is 0 Å². The number of carbonyl (C=O) groups is 1. The molecule has 4 heteroatoms. The number of Topliss-reactive ketones (excluding diaryl/α,β-unsaturated/α-hetero) is 1. The lowest BCUT2D eigenvalue weighted by molar-refractivity contribution is 0.0765. The summed E-state index contributed by atoms with van der Waals surface area (Å²) in [4.78, 5) is 14.2. The average molecular weight is 252 g/mol. The molecule has 102 valence electrons. The highest BCUT2D eigenvalue weighted by Gasteiger charge is 2.16. The highest BCUT2D eigenvalue weighted by Crippen LogP contribution is 2.14. The van der Waals surface area contributed by atoms with Crippen LogP contribution in [0.15, 0.2) is 6.07 Å². The molecule has 0 spiro atoms. The van der Waals surface area contributed by atoms with Crippen LogP contribution in [0, 0.1) is 13.8 Å². The fourth-order valence-corrected chi connectivity index (χ4v) is 2.05. The van der Waals surface area contributed by atoms with Gasteiger partial charge in [0.15, 0.2) is 5.78 Å². The predicted molar refractivity (Wildman–Crippen MR) is 73.2 cm³/mol. The van der Waals surface area contributed by atoms with Crippen LogP contribution in [0.1, 0.15) is 28.7 Å². The first kappa shape index (κ1) is 14.9. The van der Waals surface area contributed by atoms with Crippen molar-refractivity contribution >= 4 is 5.78 Å². The van der Waals surface area contributed by atoms with Crippen LogP contribution in [0.2, 0.25) is 0 Å². The molecule has 0 bridgehead atoms. The van der Waals surface area contributed by atoms with E-state index in [-0.39, 0.29) is 11.9 Å². The molecule has 1 heterocycles. The summed E-state index contributed by atoms with van der Waals surface area (Å²) >= 11 is 0. The standard InChI is InChI=1S/C14H24N2O2/c1-10-7-13(12(3)16(10)5)14(17)9-15(4)8-11(2)18-6/h7,11H,8-9H2,1-6H3. The van der Waals surface area contributed by atoms with Crippen molar-refractivity contribution < 1.29 is 9.53 Å². The van der Waals surface area contributed by atoms with E-state index < -0.39 is 0 Å². The quantitative estimate of drug-likeness (QED) is 0.724. The summed E-state index contributed by atoms with van der Waals surface area (Å²) in [6, 6.07) is 1.96. The minimum Gasteiger partial charge on any atom is -0.380 e. The van der Waals surface area contributed by atoms with E-state index in [0.717, 1.165) is 23.5 Å². The zero-order chi connectivity index (χ0) is 13.9. The van der Waals surface area contributed by atoms with E-state index in [1.54, 1.807) is 7.11 Å². The number of ether oxygens (including phenoxy) is 1. The molecule has 1 aromatic heterocycles. The second-order valence-corrected chi connectivity index (χ2v) is 5.01. The molecule has 0 radical (unpaired) electrons. The van der Waals surface area contributed by atoms with Gasteiger partial charge in [-0.2, -0.15) is 0 Å². The maximum absolute atomic E-state index is 12.2. The first-order valence-electron chi connectivity index (χ1n) is 6.24. The fraction of sp³-hybridized carbons (Fsp3) is 0.643. The number of aromatic nitrogens is 1. The van der Waals surface area contributed by atoms with Crippen LogP contribution in [-0.2, 0) is 11.8 Å².